The highest BCUT2D eigenvalue weighted by molar-refractivity contribution is 7.86. The molecule has 0 atom stereocenters. The number of benzene rings is 2. The van der Waals surface area contributed by atoms with E-state index in [1.54, 1.807) is 24.3 Å². The molecule has 0 spiro atoms. The highest BCUT2D eigenvalue weighted by atomic mass is 32.2. The molecule has 3 rings (SSSR count). The molecule has 9 heteroatoms. The smallest absolute Gasteiger partial charge is 0.364 e. The molecule has 1 N–H and O–H groups in total. The normalized spacial score (nSPS) is 21.7. The molecule has 0 saturated carbocycles. The van der Waals surface area contributed by atoms with Gasteiger partial charge in [-0.1, -0.05) is 24.3 Å². The molecule has 30 heavy (non-hydrogen) atoms. The SMILES string of the molecule is CS(=O)(=O)Oc1ccc(CCOc2ccc([C@H]3CO[C@](C)(C(=O)O)OC3)cc2)cc1. The maximum absolute atomic E-state index is 11.1. The van der Waals surface area contributed by atoms with Gasteiger partial charge in [-0.2, -0.15) is 8.42 Å². The Hall–Kier alpha value is -2.62. The van der Waals surface area contributed by atoms with Crippen molar-refractivity contribution in [2.75, 3.05) is 26.1 Å². The third kappa shape index (κ3) is 5.94. The molecule has 2 aromatic carbocycles. The number of aliphatic carboxylic acids is 1. The van der Waals surface area contributed by atoms with E-state index < -0.39 is 21.9 Å². The van der Waals surface area contributed by atoms with Crippen LogP contribution in [0, 0.1) is 0 Å². The Labute approximate surface area is 175 Å². The summed E-state index contributed by atoms with van der Waals surface area (Å²) < 4.78 is 43.6. The van der Waals surface area contributed by atoms with E-state index in [9.17, 15) is 13.2 Å². The van der Waals surface area contributed by atoms with Gasteiger partial charge in [0, 0.05) is 19.3 Å². The quantitative estimate of drug-likeness (QED) is 0.629. The van der Waals surface area contributed by atoms with Crippen LogP contribution in [0.3, 0.4) is 0 Å². The number of carbonyl (C=O) groups is 1. The molecule has 1 heterocycles. The Kier molecular flexibility index (Phi) is 6.64. The molecule has 1 aliphatic rings. The van der Waals surface area contributed by atoms with Gasteiger partial charge in [-0.3, -0.25) is 0 Å². The first-order valence-electron chi connectivity index (χ1n) is 9.37. The standard InChI is InChI=1S/C21H24O8S/c1-21(20(22)23)27-13-17(14-28-21)16-5-9-18(10-6-16)26-12-11-15-3-7-19(8-4-15)29-30(2,24)25/h3-10,17H,11-14H2,1-2H3,(H,22,23)/t17-,21-. The summed E-state index contributed by atoms with van der Waals surface area (Å²) in [6.45, 7) is 2.39. The summed E-state index contributed by atoms with van der Waals surface area (Å²) in [6, 6.07) is 14.3. The maximum atomic E-state index is 11.1. The number of ether oxygens (including phenoxy) is 3. The topological polar surface area (TPSA) is 108 Å². The molecule has 8 nitrogen and oxygen atoms in total. The van der Waals surface area contributed by atoms with Crippen molar-refractivity contribution in [3.63, 3.8) is 0 Å². The lowest BCUT2D eigenvalue weighted by Crippen LogP contribution is -2.47. The van der Waals surface area contributed by atoms with Gasteiger partial charge in [0.05, 0.1) is 26.1 Å². The molecule has 0 amide bonds. The van der Waals surface area contributed by atoms with Crippen LogP contribution in [0.25, 0.3) is 0 Å². The predicted octanol–water partition coefficient (Wildman–Crippen LogP) is 2.58. The fourth-order valence-corrected chi connectivity index (χ4v) is 3.40. The Bertz CT molecular complexity index is 959. The number of rotatable bonds is 8. The van der Waals surface area contributed by atoms with Crippen LogP contribution in [0.5, 0.6) is 11.5 Å². The second-order valence-electron chi connectivity index (χ2n) is 7.17. The molecule has 0 radical (unpaired) electrons. The molecular weight excluding hydrogens is 412 g/mol. The average molecular weight is 436 g/mol. The fraction of sp³-hybridized carbons (Fsp3) is 0.381. The van der Waals surface area contributed by atoms with Crippen molar-refractivity contribution in [1.29, 1.82) is 0 Å². The maximum Gasteiger partial charge on any atom is 0.364 e. The number of carboxylic acid groups (broad SMARTS) is 1. The van der Waals surface area contributed by atoms with Gasteiger partial charge >= 0.3 is 16.1 Å². The van der Waals surface area contributed by atoms with Crippen molar-refractivity contribution in [2.45, 2.75) is 25.0 Å². The molecule has 1 fully saturated rings. The first-order valence-corrected chi connectivity index (χ1v) is 11.2. The van der Waals surface area contributed by atoms with Crippen molar-refractivity contribution in [3.8, 4) is 11.5 Å². The van der Waals surface area contributed by atoms with Gasteiger partial charge in [0.25, 0.3) is 5.79 Å². The van der Waals surface area contributed by atoms with Crippen LogP contribution >= 0.6 is 0 Å². The number of carboxylic acids is 1. The van der Waals surface area contributed by atoms with E-state index in [-0.39, 0.29) is 24.9 Å². The second-order valence-corrected chi connectivity index (χ2v) is 8.74. The summed E-state index contributed by atoms with van der Waals surface area (Å²) in [6.07, 6.45) is 1.65. The monoisotopic (exact) mass is 436 g/mol. The zero-order valence-electron chi connectivity index (χ0n) is 16.7. The van der Waals surface area contributed by atoms with Crippen molar-refractivity contribution in [1.82, 2.24) is 0 Å². The van der Waals surface area contributed by atoms with Gasteiger partial charge in [0.15, 0.2) is 0 Å². The first kappa shape index (κ1) is 22.1. The molecule has 1 aliphatic heterocycles. The molecular formula is C21H24O8S. The van der Waals surface area contributed by atoms with E-state index in [2.05, 4.69) is 0 Å². The van der Waals surface area contributed by atoms with Gasteiger partial charge in [0.2, 0.25) is 0 Å². The summed E-state index contributed by atoms with van der Waals surface area (Å²) in [5, 5.41) is 9.12. The minimum absolute atomic E-state index is 0.0425. The van der Waals surface area contributed by atoms with Crippen molar-refractivity contribution < 1.29 is 36.7 Å². The van der Waals surface area contributed by atoms with E-state index in [1.807, 2.05) is 24.3 Å². The molecule has 162 valence electrons. The second kappa shape index (κ2) is 9.03. The Morgan fingerprint density at radius 2 is 1.63 bits per heavy atom. The number of hydrogen-bond donors (Lipinski definition) is 1. The van der Waals surface area contributed by atoms with Crippen LogP contribution in [0.4, 0.5) is 0 Å². The van der Waals surface area contributed by atoms with Crippen LogP contribution in [-0.2, 0) is 30.8 Å². The van der Waals surface area contributed by atoms with Crippen LogP contribution in [-0.4, -0.2) is 51.4 Å². The summed E-state index contributed by atoms with van der Waals surface area (Å²) in [5.41, 5.74) is 1.97. The summed E-state index contributed by atoms with van der Waals surface area (Å²) >= 11 is 0. The van der Waals surface area contributed by atoms with Crippen LogP contribution < -0.4 is 8.92 Å². The van der Waals surface area contributed by atoms with E-state index in [4.69, 9.17) is 23.5 Å². The lowest BCUT2D eigenvalue weighted by Gasteiger charge is -2.34. The molecule has 1 saturated heterocycles. The van der Waals surface area contributed by atoms with Gasteiger partial charge in [0.1, 0.15) is 11.5 Å². The first-order chi connectivity index (χ1) is 14.1. The Morgan fingerprint density at radius 3 is 2.17 bits per heavy atom. The third-order valence-corrected chi connectivity index (χ3v) is 5.19. The van der Waals surface area contributed by atoms with E-state index in [0.717, 1.165) is 17.4 Å². The molecule has 0 aliphatic carbocycles. The van der Waals surface area contributed by atoms with E-state index in [1.165, 1.54) is 6.92 Å². The molecule has 0 unspecified atom stereocenters. The lowest BCUT2D eigenvalue weighted by atomic mass is 9.99. The van der Waals surface area contributed by atoms with Gasteiger partial charge in [-0.15, -0.1) is 0 Å². The third-order valence-electron chi connectivity index (χ3n) is 4.69. The Morgan fingerprint density at radius 1 is 1.07 bits per heavy atom. The fourth-order valence-electron chi connectivity index (χ4n) is 2.93. The predicted molar refractivity (Wildman–Crippen MR) is 108 cm³/mol. The lowest BCUT2D eigenvalue weighted by molar-refractivity contribution is -0.262. The van der Waals surface area contributed by atoms with Crippen molar-refractivity contribution in [2.24, 2.45) is 0 Å². The van der Waals surface area contributed by atoms with Crippen LogP contribution in [0.2, 0.25) is 0 Å². The van der Waals surface area contributed by atoms with Gasteiger partial charge in [-0.25, -0.2) is 4.79 Å². The highest BCUT2D eigenvalue weighted by Gasteiger charge is 2.40. The molecule has 2 aromatic rings. The summed E-state index contributed by atoms with van der Waals surface area (Å²) in [4.78, 5) is 11.1. The van der Waals surface area contributed by atoms with E-state index >= 15 is 0 Å². The van der Waals surface area contributed by atoms with Gasteiger partial charge in [-0.05, 0) is 35.4 Å². The van der Waals surface area contributed by atoms with Crippen LogP contribution in [0.1, 0.15) is 24.0 Å². The minimum Gasteiger partial charge on any atom is -0.493 e. The zero-order valence-corrected chi connectivity index (χ0v) is 17.6. The van der Waals surface area contributed by atoms with Gasteiger partial charge < -0.3 is 23.5 Å². The summed E-state index contributed by atoms with van der Waals surface area (Å²) in [5.74, 6) is -1.78. The van der Waals surface area contributed by atoms with Crippen LogP contribution in [0.15, 0.2) is 48.5 Å². The van der Waals surface area contributed by atoms with Crippen molar-refractivity contribution >= 4 is 16.1 Å². The zero-order chi connectivity index (χ0) is 21.8. The average Bonchev–Trinajstić information content (AvgIpc) is 2.69. The van der Waals surface area contributed by atoms with Crippen molar-refractivity contribution in [3.05, 3.63) is 59.7 Å². The number of hydrogen-bond acceptors (Lipinski definition) is 7. The minimum atomic E-state index is -3.53. The van der Waals surface area contributed by atoms with E-state index in [0.29, 0.717) is 18.8 Å². The largest absolute Gasteiger partial charge is 0.493 e. The Balaban J connectivity index is 1.47. The molecule has 0 bridgehead atoms. The highest BCUT2D eigenvalue weighted by Crippen LogP contribution is 2.29. The summed E-state index contributed by atoms with van der Waals surface area (Å²) in [7, 11) is -3.53. The molecule has 0 aromatic heterocycles.